The number of allylic oxidation sites excluding steroid dienone is 1. The first-order chi connectivity index (χ1) is 17.3. The molecule has 4 aromatic carbocycles. The quantitative estimate of drug-likeness (QED) is 0.188. The van der Waals surface area contributed by atoms with Crippen molar-refractivity contribution >= 4 is 11.1 Å². The van der Waals surface area contributed by atoms with Crippen molar-refractivity contribution in [3.05, 3.63) is 131 Å². The van der Waals surface area contributed by atoms with Gasteiger partial charge in [0.15, 0.2) is 0 Å². The van der Waals surface area contributed by atoms with Crippen molar-refractivity contribution in [3.63, 3.8) is 0 Å². The normalized spacial score (nSPS) is 11.6. The predicted molar refractivity (Wildman–Crippen MR) is 146 cm³/mol. The van der Waals surface area contributed by atoms with Crippen molar-refractivity contribution in [2.75, 3.05) is 20.2 Å². The first kappa shape index (κ1) is 24.3. The van der Waals surface area contributed by atoms with Gasteiger partial charge in [-0.05, 0) is 71.1 Å². The fraction of sp³-hybridized carbons (Fsp3) is 0.188. The molecule has 1 N–H and O–H groups in total. The summed E-state index contributed by atoms with van der Waals surface area (Å²) in [6.07, 6.45) is 0.923. The van der Waals surface area contributed by atoms with E-state index < -0.39 is 0 Å². The van der Waals surface area contributed by atoms with Crippen molar-refractivity contribution in [3.8, 4) is 11.5 Å². The van der Waals surface area contributed by atoms with Gasteiger partial charge in [-0.3, -0.25) is 0 Å². The number of ether oxygens (including phenoxy) is 2. The lowest BCUT2D eigenvalue weighted by Crippen LogP contribution is -2.15. The van der Waals surface area contributed by atoms with E-state index >= 15 is 0 Å². The van der Waals surface area contributed by atoms with Crippen molar-refractivity contribution in [2.45, 2.75) is 20.0 Å². The highest BCUT2D eigenvalue weighted by Gasteiger charge is 2.13. The SMILES string of the molecule is CC/C(=C(/c1ccc(OCCNC)cc1)c1ccc(OCc2ccccc2)cc1)c1ccccc1. The Labute approximate surface area is 209 Å². The van der Waals surface area contributed by atoms with Gasteiger partial charge in [0.1, 0.15) is 24.7 Å². The molecule has 0 spiro atoms. The topological polar surface area (TPSA) is 30.5 Å². The number of hydrogen-bond donors (Lipinski definition) is 1. The molecule has 0 saturated heterocycles. The maximum absolute atomic E-state index is 6.03. The summed E-state index contributed by atoms with van der Waals surface area (Å²) in [5.41, 5.74) is 7.28. The van der Waals surface area contributed by atoms with Gasteiger partial charge in [0.25, 0.3) is 0 Å². The van der Waals surface area contributed by atoms with Crippen LogP contribution in [0, 0.1) is 0 Å². The van der Waals surface area contributed by atoms with Crippen LogP contribution in [0.5, 0.6) is 11.5 Å². The molecule has 35 heavy (non-hydrogen) atoms. The minimum absolute atomic E-state index is 0.558. The summed E-state index contributed by atoms with van der Waals surface area (Å²) in [5, 5.41) is 3.11. The van der Waals surface area contributed by atoms with E-state index in [1.165, 1.54) is 27.8 Å². The number of likely N-dealkylation sites (N-methyl/N-ethyl adjacent to an activating group) is 1. The highest BCUT2D eigenvalue weighted by Crippen LogP contribution is 2.35. The van der Waals surface area contributed by atoms with Crippen LogP contribution in [0.3, 0.4) is 0 Å². The number of rotatable bonds is 11. The molecule has 0 aromatic heterocycles. The van der Waals surface area contributed by atoms with Gasteiger partial charge in [0, 0.05) is 6.54 Å². The van der Waals surface area contributed by atoms with Gasteiger partial charge in [-0.2, -0.15) is 0 Å². The molecular formula is C32H33NO2. The van der Waals surface area contributed by atoms with E-state index in [1.54, 1.807) is 0 Å². The largest absolute Gasteiger partial charge is 0.492 e. The summed E-state index contributed by atoms with van der Waals surface area (Å²) in [7, 11) is 1.93. The molecule has 4 rings (SSSR count). The van der Waals surface area contributed by atoms with E-state index in [-0.39, 0.29) is 0 Å². The lowest BCUT2D eigenvalue weighted by Gasteiger charge is -2.17. The Morgan fingerprint density at radius 1 is 0.629 bits per heavy atom. The molecule has 3 nitrogen and oxygen atoms in total. The molecule has 0 aliphatic heterocycles. The molecule has 0 radical (unpaired) electrons. The monoisotopic (exact) mass is 463 g/mol. The zero-order chi connectivity index (χ0) is 24.3. The van der Waals surface area contributed by atoms with E-state index in [0.717, 1.165) is 30.0 Å². The molecule has 0 aliphatic rings. The standard InChI is InChI=1S/C32H33NO2/c1-3-31(26-12-8-5-9-13-26)32(27-14-18-29(19-15-27)34-23-22-33-2)28-16-20-30(21-17-28)35-24-25-10-6-4-7-11-25/h4-21,33H,3,22-24H2,1-2H3/b32-31+. The molecule has 0 fully saturated rings. The van der Waals surface area contributed by atoms with Crippen molar-refractivity contribution in [2.24, 2.45) is 0 Å². The van der Waals surface area contributed by atoms with Crippen LogP contribution >= 0.6 is 0 Å². The van der Waals surface area contributed by atoms with Gasteiger partial charge in [0.05, 0.1) is 0 Å². The molecule has 0 saturated carbocycles. The van der Waals surface area contributed by atoms with Crippen molar-refractivity contribution in [1.29, 1.82) is 0 Å². The highest BCUT2D eigenvalue weighted by molar-refractivity contribution is 5.98. The third-order valence-corrected chi connectivity index (χ3v) is 5.93. The van der Waals surface area contributed by atoms with Crippen molar-refractivity contribution < 1.29 is 9.47 Å². The van der Waals surface area contributed by atoms with Gasteiger partial charge in [-0.1, -0.05) is 91.9 Å². The van der Waals surface area contributed by atoms with Crippen LogP contribution in [0.15, 0.2) is 109 Å². The maximum atomic E-state index is 6.03. The number of hydrogen-bond acceptors (Lipinski definition) is 3. The van der Waals surface area contributed by atoms with E-state index in [1.807, 2.05) is 25.2 Å². The first-order valence-electron chi connectivity index (χ1n) is 12.2. The molecule has 3 heteroatoms. The van der Waals surface area contributed by atoms with Gasteiger partial charge in [-0.25, -0.2) is 0 Å². The van der Waals surface area contributed by atoms with E-state index in [2.05, 4.69) is 103 Å². The Morgan fingerprint density at radius 2 is 1.17 bits per heavy atom. The average molecular weight is 464 g/mol. The molecular weight excluding hydrogens is 430 g/mol. The third kappa shape index (κ3) is 6.62. The van der Waals surface area contributed by atoms with Crippen LogP contribution < -0.4 is 14.8 Å². The van der Waals surface area contributed by atoms with Gasteiger partial charge < -0.3 is 14.8 Å². The van der Waals surface area contributed by atoms with Crippen LogP contribution in [0.25, 0.3) is 11.1 Å². The second kappa shape index (κ2) is 12.6. The predicted octanol–water partition coefficient (Wildman–Crippen LogP) is 7.23. The Kier molecular flexibility index (Phi) is 8.74. The molecule has 178 valence electrons. The first-order valence-corrected chi connectivity index (χ1v) is 12.2. The Morgan fingerprint density at radius 3 is 1.71 bits per heavy atom. The van der Waals surface area contributed by atoms with Crippen LogP contribution in [0.4, 0.5) is 0 Å². The highest BCUT2D eigenvalue weighted by atomic mass is 16.5. The molecule has 0 heterocycles. The Hall–Kier alpha value is -3.82. The van der Waals surface area contributed by atoms with E-state index in [0.29, 0.717) is 13.2 Å². The summed E-state index contributed by atoms with van der Waals surface area (Å²) in [6, 6.07) is 37.7. The molecule has 0 amide bonds. The van der Waals surface area contributed by atoms with Gasteiger partial charge >= 0.3 is 0 Å². The third-order valence-electron chi connectivity index (χ3n) is 5.93. The lowest BCUT2D eigenvalue weighted by atomic mass is 9.88. The molecule has 0 aliphatic carbocycles. The Balaban J connectivity index is 1.65. The average Bonchev–Trinajstić information content (AvgIpc) is 2.93. The lowest BCUT2D eigenvalue weighted by molar-refractivity contribution is 0.306. The number of nitrogens with one attached hydrogen (secondary N) is 1. The van der Waals surface area contributed by atoms with Crippen LogP contribution in [-0.2, 0) is 6.61 Å². The minimum atomic E-state index is 0.558. The minimum Gasteiger partial charge on any atom is -0.492 e. The summed E-state index contributed by atoms with van der Waals surface area (Å²) >= 11 is 0. The van der Waals surface area contributed by atoms with Gasteiger partial charge in [-0.15, -0.1) is 0 Å². The van der Waals surface area contributed by atoms with Crippen molar-refractivity contribution in [1.82, 2.24) is 5.32 Å². The van der Waals surface area contributed by atoms with Crippen LogP contribution in [0.2, 0.25) is 0 Å². The fourth-order valence-corrected chi connectivity index (χ4v) is 4.13. The molecule has 0 unspecified atom stereocenters. The summed E-state index contributed by atoms with van der Waals surface area (Å²) < 4.78 is 11.9. The second-order valence-electron chi connectivity index (χ2n) is 8.35. The van der Waals surface area contributed by atoms with Gasteiger partial charge in [0.2, 0.25) is 0 Å². The molecule has 0 bridgehead atoms. The summed E-state index contributed by atoms with van der Waals surface area (Å²) in [6.45, 7) is 4.24. The second-order valence-corrected chi connectivity index (χ2v) is 8.35. The zero-order valence-corrected chi connectivity index (χ0v) is 20.5. The molecule has 0 atom stereocenters. The smallest absolute Gasteiger partial charge is 0.119 e. The van der Waals surface area contributed by atoms with E-state index in [9.17, 15) is 0 Å². The Bertz CT molecular complexity index is 1200. The summed E-state index contributed by atoms with van der Waals surface area (Å²) in [4.78, 5) is 0. The molecule has 4 aromatic rings. The van der Waals surface area contributed by atoms with Crippen LogP contribution in [-0.4, -0.2) is 20.2 Å². The maximum Gasteiger partial charge on any atom is 0.119 e. The van der Waals surface area contributed by atoms with E-state index in [4.69, 9.17) is 9.47 Å². The fourth-order valence-electron chi connectivity index (χ4n) is 4.13. The zero-order valence-electron chi connectivity index (χ0n) is 20.5. The number of benzene rings is 4. The summed E-state index contributed by atoms with van der Waals surface area (Å²) in [5.74, 6) is 1.74. The van der Waals surface area contributed by atoms with Crippen LogP contribution in [0.1, 0.15) is 35.6 Å².